The van der Waals surface area contributed by atoms with E-state index in [1.807, 2.05) is 18.2 Å². The minimum absolute atomic E-state index is 0.238. The van der Waals surface area contributed by atoms with Crippen LogP contribution in [0.3, 0.4) is 0 Å². The van der Waals surface area contributed by atoms with Gasteiger partial charge in [0.2, 0.25) is 0 Å². The second-order valence-electron chi connectivity index (χ2n) is 5.42. The zero-order chi connectivity index (χ0) is 17.5. The molecule has 0 amide bonds. The number of ether oxygens (including phenoxy) is 2. The lowest BCUT2D eigenvalue weighted by atomic mass is 10.1. The minimum atomic E-state index is -0.415. The summed E-state index contributed by atoms with van der Waals surface area (Å²) in [5.74, 6) is 1.27. The van der Waals surface area contributed by atoms with Gasteiger partial charge in [-0.3, -0.25) is 0 Å². The zero-order valence-corrected chi connectivity index (χ0v) is 15.2. The number of nitrogens with one attached hydrogen (secondary N) is 1. The largest absolute Gasteiger partial charge is 0.493 e. The summed E-state index contributed by atoms with van der Waals surface area (Å²) in [4.78, 5) is 0. The van der Waals surface area contributed by atoms with Crippen LogP contribution in [0, 0.1) is 0 Å². The van der Waals surface area contributed by atoms with Gasteiger partial charge < -0.3 is 19.9 Å². The predicted molar refractivity (Wildman–Crippen MR) is 97.2 cm³/mol. The molecule has 0 saturated carbocycles. The first-order valence-electron chi connectivity index (χ1n) is 7.63. The summed E-state index contributed by atoms with van der Waals surface area (Å²) in [5, 5.41) is 13.7. The third-order valence-corrected chi connectivity index (χ3v) is 4.17. The van der Waals surface area contributed by atoms with Crippen molar-refractivity contribution in [1.82, 2.24) is 5.32 Å². The van der Waals surface area contributed by atoms with Crippen LogP contribution >= 0.6 is 23.2 Å². The lowest BCUT2D eigenvalue weighted by molar-refractivity contribution is 0.190. The molecular formula is C18H21Cl2NO3. The van der Waals surface area contributed by atoms with Crippen molar-refractivity contribution in [2.75, 3.05) is 13.7 Å². The van der Waals surface area contributed by atoms with Crippen LogP contribution in [0.1, 0.15) is 18.1 Å². The number of aliphatic hydroxyl groups is 1. The molecule has 2 N–H and O–H groups in total. The number of halogens is 2. The Kier molecular flexibility index (Phi) is 7.18. The molecule has 2 aromatic rings. The maximum absolute atomic E-state index is 9.37. The Balaban J connectivity index is 2.18. The van der Waals surface area contributed by atoms with Gasteiger partial charge >= 0.3 is 0 Å². The summed E-state index contributed by atoms with van der Waals surface area (Å²) < 4.78 is 11.4. The Morgan fingerprint density at radius 1 is 1.12 bits per heavy atom. The molecule has 2 aromatic carbocycles. The molecule has 0 radical (unpaired) electrons. The molecule has 0 spiro atoms. The second-order valence-corrected chi connectivity index (χ2v) is 6.23. The van der Waals surface area contributed by atoms with Crippen LogP contribution in [0.25, 0.3) is 0 Å². The molecule has 6 heteroatoms. The number of aliphatic hydroxyl groups excluding tert-OH is 1. The first kappa shape index (κ1) is 18.9. The molecule has 0 bridgehead atoms. The molecule has 130 valence electrons. The van der Waals surface area contributed by atoms with Gasteiger partial charge in [0.1, 0.15) is 6.61 Å². The Labute approximate surface area is 152 Å². The fourth-order valence-corrected chi connectivity index (χ4v) is 2.76. The third-order valence-electron chi connectivity index (χ3n) is 3.46. The Morgan fingerprint density at radius 3 is 2.42 bits per heavy atom. The number of hydrogen-bond acceptors (Lipinski definition) is 4. The molecular weight excluding hydrogens is 349 g/mol. The van der Waals surface area contributed by atoms with Crippen LogP contribution < -0.4 is 14.8 Å². The summed E-state index contributed by atoms with van der Waals surface area (Å²) in [5.41, 5.74) is 1.66. The molecule has 0 aliphatic heterocycles. The van der Waals surface area contributed by atoms with Gasteiger partial charge in [0.05, 0.1) is 13.2 Å². The van der Waals surface area contributed by atoms with Crippen LogP contribution in [0.4, 0.5) is 0 Å². The standard InChI is InChI=1S/C18H21Cl2NO3/c1-12(22)9-21-10-13-5-3-8-17(23-2)18(13)24-11-14-15(19)6-4-7-16(14)20/h3-8,12,21-22H,9-11H2,1-2H3. The van der Waals surface area contributed by atoms with Crippen molar-refractivity contribution in [3.05, 3.63) is 57.6 Å². The van der Waals surface area contributed by atoms with Gasteiger partial charge in [-0.25, -0.2) is 0 Å². The van der Waals surface area contributed by atoms with Crippen LogP contribution in [-0.4, -0.2) is 24.9 Å². The highest BCUT2D eigenvalue weighted by molar-refractivity contribution is 6.35. The average molecular weight is 370 g/mol. The number of para-hydroxylation sites is 1. The molecule has 2 rings (SSSR count). The van der Waals surface area contributed by atoms with Crippen molar-refractivity contribution in [3.8, 4) is 11.5 Å². The number of hydrogen-bond donors (Lipinski definition) is 2. The van der Waals surface area contributed by atoms with Crippen molar-refractivity contribution < 1.29 is 14.6 Å². The molecule has 0 aliphatic rings. The van der Waals surface area contributed by atoms with E-state index in [-0.39, 0.29) is 6.61 Å². The van der Waals surface area contributed by atoms with Gasteiger partial charge in [-0.15, -0.1) is 0 Å². The SMILES string of the molecule is COc1cccc(CNCC(C)O)c1OCc1c(Cl)cccc1Cl. The highest BCUT2D eigenvalue weighted by Gasteiger charge is 2.13. The molecule has 0 heterocycles. The summed E-state index contributed by atoms with van der Waals surface area (Å²) in [6.07, 6.45) is -0.415. The van der Waals surface area contributed by atoms with E-state index in [1.165, 1.54) is 0 Å². The number of benzene rings is 2. The van der Waals surface area contributed by atoms with E-state index in [9.17, 15) is 5.11 Å². The lowest BCUT2D eigenvalue weighted by Gasteiger charge is -2.17. The van der Waals surface area contributed by atoms with E-state index >= 15 is 0 Å². The molecule has 1 atom stereocenters. The molecule has 0 saturated heterocycles. The highest BCUT2D eigenvalue weighted by atomic mass is 35.5. The maximum atomic E-state index is 9.37. The van der Waals surface area contributed by atoms with Crippen molar-refractivity contribution in [1.29, 1.82) is 0 Å². The van der Waals surface area contributed by atoms with E-state index in [0.29, 0.717) is 34.6 Å². The highest BCUT2D eigenvalue weighted by Crippen LogP contribution is 2.33. The van der Waals surface area contributed by atoms with Crippen LogP contribution in [-0.2, 0) is 13.2 Å². The van der Waals surface area contributed by atoms with Gasteiger partial charge in [-0.2, -0.15) is 0 Å². The van der Waals surface area contributed by atoms with Gasteiger partial charge in [0.25, 0.3) is 0 Å². The minimum Gasteiger partial charge on any atom is -0.493 e. The molecule has 1 unspecified atom stereocenters. The molecule has 0 fully saturated rings. The van der Waals surface area contributed by atoms with E-state index < -0.39 is 6.10 Å². The second kappa shape index (κ2) is 9.14. The molecule has 0 aromatic heterocycles. The topological polar surface area (TPSA) is 50.7 Å². The number of methoxy groups -OCH3 is 1. The monoisotopic (exact) mass is 369 g/mol. The van der Waals surface area contributed by atoms with Gasteiger partial charge in [0, 0.05) is 34.3 Å². The molecule has 24 heavy (non-hydrogen) atoms. The summed E-state index contributed by atoms with van der Waals surface area (Å²) in [7, 11) is 1.59. The van der Waals surface area contributed by atoms with E-state index in [1.54, 1.807) is 32.2 Å². The molecule has 0 aliphatic carbocycles. The third kappa shape index (κ3) is 5.02. The zero-order valence-electron chi connectivity index (χ0n) is 13.7. The van der Waals surface area contributed by atoms with Crippen LogP contribution in [0.15, 0.2) is 36.4 Å². The molecule has 4 nitrogen and oxygen atoms in total. The summed E-state index contributed by atoms with van der Waals surface area (Å²) >= 11 is 12.4. The summed E-state index contributed by atoms with van der Waals surface area (Å²) in [6.45, 7) is 3.01. The van der Waals surface area contributed by atoms with Crippen molar-refractivity contribution in [3.63, 3.8) is 0 Å². The van der Waals surface area contributed by atoms with Crippen LogP contribution in [0.5, 0.6) is 11.5 Å². The van der Waals surface area contributed by atoms with E-state index in [2.05, 4.69) is 5.32 Å². The van der Waals surface area contributed by atoms with E-state index in [4.69, 9.17) is 32.7 Å². The van der Waals surface area contributed by atoms with Crippen LogP contribution in [0.2, 0.25) is 10.0 Å². The number of rotatable bonds is 8. The first-order chi connectivity index (χ1) is 11.5. The Hall–Kier alpha value is -1.46. The van der Waals surface area contributed by atoms with Crippen molar-refractivity contribution in [2.45, 2.75) is 26.2 Å². The fraction of sp³-hybridized carbons (Fsp3) is 0.333. The Morgan fingerprint density at radius 2 is 1.79 bits per heavy atom. The quantitative estimate of drug-likeness (QED) is 0.736. The first-order valence-corrected chi connectivity index (χ1v) is 8.39. The van der Waals surface area contributed by atoms with Crippen molar-refractivity contribution >= 4 is 23.2 Å². The lowest BCUT2D eigenvalue weighted by Crippen LogP contribution is -2.24. The van der Waals surface area contributed by atoms with Crippen molar-refractivity contribution in [2.24, 2.45) is 0 Å². The summed E-state index contributed by atoms with van der Waals surface area (Å²) in [6, 6.07) is 11.0. The van der Waals surface area contributed by atoms with Gasteiger partial charge in [-0.1, -0.05) is 41.4 Å². The van der Waals surface area contributed by atoms with E-state index in [0.717, 1.165) is 11.1 Å². The van der Waals surface area contributed by atoms with Gasteiger partial charge in [0.15, 0.2) is 11.5 Å². The fourth-order valence-electron chi connectivity index (χ4n) is 2.26. The average Bonchev–Trinajstić information content (AvgIpc) is 2.54. The maximum Gasteiger partial charge on any atom is 0.166 e. The predicted octanol–water partition coefficient (Wildman–Crippen LogP) is 4.05. The smallest absolute Gasteiger partial charge is 0.166 e. The normalized spacial score (nSPS) is 12.0. The van der Waals surface area contributed by atoms with Gasteiger partial charge in [-0.05, 0) is 25.1 Å². The Bertz CT molecular complexity index is 657.